The van der Waals surface area contributed by atoms with Crippen LogP contribution in [0.25, 0.3) is 6.08 Å². The first kappa shape index (κ1) is 17.7. The molecule has 0 bridgehead atoms. The van der Waals surface area contributed by atoms with Crippen molar-refractivity contribution in [1.29, 1.82) is 0 Å². The Balaban J connectivity index is 1.51. The average Bonchev–Trinajstić information content (AvgIpc) is 2.64. The summed E-state index contributed by atoms with van der Waals surface area (Å²) in [6, 6.07) is 17.9. The molecule has 0 spiro atoms. The van der Waals surface area contributed by atoms with Crippen LogP contribution in [0.1, 0.15) is 41.6 Å². The third kappa shape index (κ3) is 7.10. The predicted molar refractivity (Wildman–Crippen MR) is 103 cm³/mol. The van der Waals surface area contributed by atoms with Gasteiger partial charge in [-0.05, 0) is 49.1 Å². The first-order chi connectivity index (χ1) is 11.9. The smallest absolute Gasteiger partial charge is 0.150 e. The number of carbonyl (C=O) groups is 1. The fourth-order valence-corrected chi connectivity index (χ4v) is 2.38. The summed E-state index contributed by atoms with van der Waals surface area (Å²) in [6.45, 7) is 0.970. The molecular formula is C22H25NO. The van der Waals surface area contributed by atoms with Crippen molar-refractivity contribution in [3.63, 3.8) is 0 Å². The minimum absolute atomic E-state index is 0.716. The van der Waals surface area contributed by atoms with Crippen molar-refractivity contribution >= 4 is 18.0 Å². The van der Waals surface area contributed by atoms with E-state index in [1.165, 1.54) is 18.4 Å². The largest absolute Gasteiger partial charge is 0.385 e. The molecule has 2 rings (SSSR count). The van der Waals surface area contributed by atoms with Crippen LogP contribution in [0.4, 0.5) is 5.69 Å². The van der Waals surface area contributed by atoms with E-state index in [4.69, 9.17) is 0 Å². The van der Waals surface area contributed by atoms with E-state index in [1.54, 1.807) is 0 Å². The number of hydrogen-bond donors (Lipinski definition) is 1. The maximum absolute atomic E-state index is 10.6. The predicted octanol–water partition coefficient (Wildman–Crippen LogP) is 5.74. The second-order valence-electron chi connectivity index (χ2n) is 5.71. The lowest BCUT2D eigenvalue weighted by atomic mass is 10.1. The molecule has 0 aliphatic rings. The Labute approximate surface area is 144 Å². The van der Waals surface area contributed by atoms with E-state index in [0.29, 0.717) is 5.56 Å². The molecule has 0 radical (unpaired) electrons. The molecule has 0 atom stereocenters. The summed E-state index contributed by atoms with van der Waals surface area (Å²) in [5.74, 6) is 0. The van der Waals surface area contributed by atoms with Gasteiger partial charge >= 0.3 is 0 Å². The molecule has 0 saturated carbocycles. The lowest BCUT2D eigenvalue weighted by Gasteiger charge is -2.05. The number of anilines is 1. The molecule has 0 amide bonds. The average molecular weight is 319 g/mol. The van der Waals surface area contributed by atoms with E-state index in [1.807, 2.05) is 42.5 Å². The van der Waals surface area contributed by atoms with Crippen molar-refractivity contribution in [2.24, 2.45) is 0 Å². The van der Waals surface area contributed by atoms with E-state index in [9.17, 15) is 4.79 Å². The minimum Gasteiger partial charge on any atom is -0.385 e. The van der Waals surface area contributed by atoms with Gasteiger partial charge in [0.15, 0.2) is 0 Å². The Morgan fingerprint density at radius 3 is 2.33 bits per heavy atom. The van der Waals surface area contributed by atoms with E-state index < -0.39 is 0 Å². The highest BCUT2D eigenvalue weighted by atomic mass is 16.1. The summed E-state index contributed by atoms with van der Waals surface area (Å²) in [5.41, 5.74) is 3.02. The highest BCUT2D eigenvalue weighted by Crippen LogP contribution is 2.09. The monoisotopic (exact) mass is 319 g/mol. The summed E-state index contributed by atoms with van der Waals surface area (Å²) in [5, 5.41) is 3.38. The summed E-state index contributed by atoms with van der Waals surface area (Å²) < 4.78 is 0. The summed E-state index contributed by atoms with van der Waals surface area (Å²) in [6.07, 6.45) is 14.1. The molecule has 124 valence electrons. The van der Waals surface area contributed by atoms with Crippen molar-refractivity contribution in [3.8, 4) is 0 Å². The van der Waals surface area contributed by atoms with Crippen LogP contribution < -0.4 is 5.32 Å². The number of hydrogen-bond acceptors (Lipinski definition) is 2. The van der Waals surface area contributed by atoms with E-state index >= 15 is 0 Å². The fourth-order valence-electron chi connectivity index (χ4n) is 2.38. The van der Waals surface area contributed by atoms with Gasteiger partial charge in [0.2, 0.25) is 0 Å². The van der Waals surface area contributed by atoms with Gasteiger partial charge in [0.05, 0.1) is 0 Å². The Morgan fingerprint density at radius 1 is 0.792 bits per heavy atom. The number of rotatable bonds is 10. The molecule has 1 N–H and O–H groups in total. The lowest BCUT2D eigenvalue weighted by Crippen LogP contribution is -2.01. The maximum Gasteiger partial charge on any atom is 0.150 e. The Morgan fingerprint density at radius 2 is 1.58 bits per heavy atom. The normalized spacial score (nSPS) is 11.2. The van der Waals surface area contributed by atoms with Crippen LogP contribution in [-0.2, 0) is 0 Å². The molecule has 0 saturated heterocycles. The second-order valence-corrected chi connectivity index (χ2v) is 5.71. The fraction of sp³-hybridized carbons (Fsp3) is 0.227. The Bertz CT molecular complexity index is 641. The first-order valence-corrected chi connectivity index (χ1v) is 8.56. The van der Waals surface area contributed by atoms with Crippen LogP contribution in [0.2, 0.25) is 0 Å². The summed E-state index contributed by atoms with van der Waals surface area (Å²) in [7, 11) is 0. The van der Waals surface area contributed by atoms with Gasteiger partial charge in [0.1, 0.15) is 6.29 Å². The maximum atomic E-state index is 10.6. The highest BCUT2D eigenvalue weighted by Gasteiger charge is 1.93. The SMILES string of the molecule is O=Cc1ccc(NCCCCC/C=C/C=C/c2ccccc2)cc1. The van der Waals surface area contributed by atoms with Crippen molar-refractivity contribution in [2.75, 3.05) is 11.9 Å². The van der Waals surface area contributed by atoms with Gasteiger partial charge in [-0.1, -0.05) is 61.1 Å². The molecule has 0 aliphatic carbocycles. The third-order valence-corrected chi connectivity index (χ3v) is 3.76. The number of allylic oxidation sites excluding steroid dienone is 3. The quantitative estimate of drug-likeness (QED) is 0.343. The van der Waals surface area contributed by atoms with E-state index in [0.717, 1.165) is 31.4 Å². The molecule has 0 unspecified atom stereocenters. The standard InChI is InChI=1S/C22H25NO/c24-19-21-14-16-22(17-15-21)23-18-10-5-3-1-2-4-7-11-20-12-8-6-9-13-20/h2,4,6-9,11-17,19,23H,1,3,5,10,18H2/b4-2+,11-7+. The molecule has 0 aromatic heterocycles. The van der Waals surface area contributed by atoms with Crippen molar-refractivity contribution in [2.45, 2.75) is 25.7 Å². The van der Waals surface area contributed by atoms with Gasteiger partial charge in [-0.25, -0.2) is 0 Å². The minimum atomic E-state index is 0.716. The molecular weight excluding hydrogens is 294 g/mol. The number of aldehydes is 1. The molecule has 2 nitrogen and oxygen atoms in total. The highest BCUT2D eigenvalue weighted by molar-refractivity contribution is 5.75. The lowest BCUT2D eigenvalue weighted by molar-refractivity contribution is 0.112. The molecule has 0 fully saturated rings. The number of benzene rings is 2. The van der Waals surface area contributed by atoms with E-state index in [2.05, 4.69) is 41.8 Å². The van der Waals surface area contributed by atoms with Gasteiger partial charge < -0.3 is 5.32 Å². The summed E-state index contributed by atoms with van der Waals surface area (Å²) >= 11 is 0. The van der Waals surface area contributed by atoms with Crippen LogP contribution in [0.5, 0.6) is 0 Å². The zero-order valence-electron chi connectivity index (χ0n) is 14.0. The van der Waals surface area contributed by atoms with Crippen molar-refractivity contribution in [1.82, 2.24) is 0 Å². The zero-order valence-corrected chi connectivity index (χ0v) is 14.0. The first-order valence-electron chi connectivity index (χ1n) is 8.56. The molecule has 0 heterocycles. The number of nitrogens with one attached hydrogen (secondary N) is 1. The van der Waals surface area contributed by atoms with Crippen LogP contribution in [-0.4, -0.2) is 12.8 Å². The second kappa shape index (κ2) is 11.0. The van der Waals surface area contributed by atoms with E-state index in [-0.39, 0.29) is 0 Å². The molecule has 2 aromatic rings. The van der Waals surface area contributed by atoms with Crippen LogP contribution in [0, 0.1) is 0 Å². The van der Waals surface area contributed by atoms with Gasteiger partial charge in [-0.2, -0.15) is 0 Å². The molecule has 0 aliphatic heterocycles. The van der Waals surface area contributed by atoms with Gasteiger partial charge in [-0.15, -0.1) is 0 Å². The number of carbonyl (C=O) groups excluding carboxylic acids is 1. The zero-order chi connectivity index (χ0) is 16.9. The number of unbranched alkanes of at least 4 members (excludes halogenated alkanes) is 3. The molecule has 2 aromatic carbocycles. The molecule has 2 heteroatoms. The molecule has 24 heavy (non-hydrogen) atoms. The van der Waals surface area contributed by atoms with Crippen molar-refractivity contribution in [3.05, 3.63) is 84.0 Å². The third-order valence-electron chi connectivity index (χ3n) is 3.76. The topological polar surface area (TPSA) is 29.1 Å². The Hall–Kier alpha value is -2.61. The van der Waals surface area contributed by atoms with Gasteiger partial charge in [-0.3, -0.25) is 4.79 Å². The van der Waals surface area contributed by atoms with Gasteiger partial charge in [0.25, 0.3) is 0 Å². The van der Waals surface area contributed by atoms with Gasteiger partial charge in [0, 0.05) is 17.8 Å². The van der Waals surface area contributed by atoms with Crippen LogP contribution >= 0.6 is 0 Å². The summed E-state index contributed by atoms with van der Waals surface area (Å²) in [4.78, 5) is 10.6. The Kier molecular flexibility index (Phi) is 8.14. The van der Waals surface area contributed by atoms with Crippen LogP contribution in [0.3, 0.4) is 0 Å². The van der Waals surface area contributed by atoms with Crippen molar-refractivity contribution < 1.29 is 4.79 Å². The van der Waals surface area contributed by atoms with Crippen LogP contribution in [0.15, 0.2) is 72.8 Å².